The van der Waals surface area contributed by atoms with Crippen LogP contribution in [0.1, 0.15) is 37.9 Å². The van der Waals surface area contributed by atoms with Gasteiger partial charge in [0.05, 0.1) is 12.1 Å². The number of rotatable bonds is 2. The molecule has 0 aliphatic carbocycles. The normalized spacial score (nSPS) is 14.8. The van der Waals surface area contributed by atoms with Gasteiger partial charge in [-0.05, 0) is 30.0 Å². The number of phenols is 1. The molecule has 0 aliphatic rings. The summed E-state index contributed by atoms with van der Waals surface area (Å²) in [5.41, 5.74) is 6.78. The summed E-state index contributed by atoms with van der Waals surface area (Å²) in [7, 11) is 0. The summed E-state index contributed by atoms with van der Waals surface area (Å²) in [4.78, 5) is 0. The number of halogens is 2. The molecule has 1 aromatic rings. The first-order valence-corrected chi connectivity index (χ1v) is 5.95. The lowest BCUT2D eigenvalue weighted by atomic mass is 9.82. The molecule has 104 valence electrons. The number of aliphatic hydroxyl groups is 1. The standard InChI is InChI=1S/C13H20ClNO2.ClH/c1-7-5-8(14)6-9(11(7)16)10(15)12(17)13(2,3)4;/h5-6,10,12,16-17H,15H2,1-4H3;1H/t10-,12-;/m1./s1. The minimum Gasteiger partial charge on any atom is -0.507 e. The van der Waals surface area contributed by atoms with Crippen LogP contribution in [0.5, 0.6) is 5.75 Å². The largest absolute Gasteiger partial charge is 0.507 e. The van der Waals surface area contributed by atoms with Crippen molar-refractivity contribution in [3.05, 3.63) is 28.3 Å². The number of aliphatic hydroxyl groups excluding tert-OH is 1. The predicted molar refractivity (Wildman–Crippen MR) is 77.5 cm³/mol. The van der Waals surface area contributed by atoms with Crippen molar-refractivity contribution in [2.75, 3.05) is 0 Å². The Bertz CT molecular complexity index is 416. The van der Waals surface area contributed by atoms with Crippen LogP contribution >= 0.6 is 24.0 Å². The van der Waals surface area contributed by atoms with Gasteiger partial charge in [0.25, 0.3) is 0 Å². The van der Waals surface area contributed by atoms with Crippen molar-refractivity contribution >= 4 is 24.0 Å². The molecule has 1 aromatic carbocycles. The fourth-order valence-corrected chi connectivity index (χ4v) is 2.01. The first-order valence-electron chi connectivity index (χ1n) is 5.57. The number of nitrogens with two attached hydrogens (primary N) is 1. The Kier molecular flexibility index (Phi) is 5.95. The van der Waals surface area contributed by atoms with Gasteiger partial charge in [0.2, 0.25) is 0 Å². The summed E-state index contributed by atoms with van der Waals surface area (Å²) in [6.07, 6.45) is -0.758. The predicted octanol–water partition coefficient (Wildman–Crippen LogP) is 3.18. The molecule has 0 heterocycles. The van der Waals surface area contributed by atoms with E-state index in [-0.39, 0.29) is 23.6 Å². The molecule has 0 radical (unpaired) electrons. The minimum atomic E-state index is -0.758. The number of aromatic hydroxyl groups is 1. The Morgan fingerprint density at radius 1 is 1.28 bits per heavy atom. The van der Waals surface area contributed by atoms with Crippen LogP contribution in [0.15, 0.2) is 12.1 Å². The number of benzene rings is 1. The van der Waals surface area contributed by atoms with E-state index in [1.54, 1.807) is 19.1 Å². The molecular formula is C13H21Cl2NO2. The second kappa shape index (κ2) is 6.11. The monoisotopic (exact) mass is 293 g/mol. The number of aryl methyl sites for hydroxylation is 1. The van der Waals surface area contributed by atoms with Crippen molar-refractivity contribution < 1.29 is 10.2 Å². The van der Waals surface area contributed by atoms with Gasteiger partial charge in [-0.3, -0.25) is 0 Å². The number of phenolic OH excluding ortho intramolecular Hbond substituents is 1. The summed E-state index contributed by atoms with van der Waals surface area (Å²) in [5.74, 6) is 0.102. The zero-order chi connectivity index (χ0) is 13.4. The van der Waals surface area contributed by atoms with Crippen LogP contribution in [0.25, 0.3) is 0 Å². The molecule has 0 saturated heterocycles. The molecule has 4 N–H and O–H groups in total. The zero-order valence-electron chi connectivity index (χ0n) is 11.1. The Morgan fingerprint density at radius 2 is 1.78 bits per heavy atom. The average Bonchev–Trinajstić information content (AvgIpc) is 2.20. The van der Waals surface area contributed by atoms with Crippen LogP contribution in [0, 0.1) is 12.3 Å². The van der Waals surface area contributed by atoms with E-state index < -0.39 is 12.1 Å². The van der Waals surface area contributed by atoms with E-state index in [1.165, 1.54) is 0 Å². The molecule has 2 atom stereocenters. The second-order valence-electron chi connectivity index (χ2n) is 5.50. The maximum atomic E-state index is 10.1. The van der Waals surface area contributed by atoms with E-state index in [4.69, 9.17) is 17.3 Å². The minimum absolute atomic E-state index is 0. The van der Waals surface area contributed by atoms with E-state index in [0.29, 0.717) is 16.1 Å². The van der Waals surface area contributed by atoms with Crippen LogP contribution in [0.4, 0.5) is 0 Å². The van der Waals surface area contributed by atoms with Crippen molar-refractivity contribution in [1.29, 1.82) is 0 Å². The Hall–Kier alpha value is -0.480. The third-order valence-corrected chi connectivity index (χ3v) is 3.10. The van der Waals surface area contributed by atoms with Crippen LogP contribution in [-0.2, 0) is 0 Å². The van der Waals surface area contributed by atoms with Gasteiger partial charge < -0.3 is 15.9 Å². The van der Waals surface area contributed by atoms with E-state index in [9.17, 15) is 10.2 Å². The lowest BCUT2D eigenvalue weighted by Crippen LogP contribution is -2.37. The third-order valence-electron chi connectivity index (χ3n) is 2.88. The van der Waals surface area contributed by atoms with E-state index in [0.717, 1.165) is 0 Å². The maximum absolute atomic E-state index is 10.1. The Labute approximate surface area is 119 Å². The first kappa shape index (κ1) is 17.5. The highest BCUT2D eigenvalue weighted by Crippen LogP contribution is 2.35. The summed E-state index contributed by atoms with van der Waals surface area (Å²) >= 11 is 5.94. The Balaban J connectivity index is 0.00000289. The molecule has 1 rings (SSSR count). The van der Waals surface area contributed by atoms with Crippen molar-refractivity contribution in [3.8, 4) is 5.75 Å². The van der Waals surface area contributed by atoms with Gasteiger partial charge in [-0.2, -0.15) is 0 Å². The van der Waals surface area contributed by atoms with Crippen LogP contribution in [0.3, 0.4) is 0 Å². The van der Waals surface area contributed by atoms with Gasteiger partial charge in [-0.15, -0.1) is 12.4 Å². The molecule has 18 heavy (non-hydrogen) atoms. The molecule has 0 bridgehead atoms. The lowest BCUT2D eigenvalue weighted by molar-refractivity contribution is 0.0394. The van der Waals surface area contributed by atoms with Gasteiger partial charge in [-0.1, -0.05) is 32.4 Å². The van der Waals surface area contributed by atoms with Gasteiger partial charge in [-0.25, -0.2) is 0 Å². The quantitative estimate of drug-likeness (QED) is 0.784. The van der Waals surface area contributed by atoms with Crippen LogP contribution in [-0.4, -0.2) is 16.3 Å². The SMILES string of the molecule is Cc1cc(Cl)cc([C@@H](N)[C@@H](O)C(C)(C)C)c1O.Cl. The first-order chi connectivity index (χ1) is 7.64. The number of hydrogen-bond acceptors (Lipinski definition) is 3. The fraction of sp³-hybridized carbons (Fsp3) is 0.538. The van der Waals surface area contributed by atoms with Crippen molar-refractivity contribution in [1.82, 2.24) is 0 Å². The molecule has 0 fully saturated rings. The third kappa shape index (κ3) is 3.75. The highest BCUT2D eigenvalue weighted by molar-refractivity contribution is 6.30. The lowest BCUT2D eigenvalue weighted by Gasteiger charge is -2.31. The van der Waals surface area contributed by atoms with E-state index >= 15 is 0 Å². The molecule has 0 amide bonds. The average molecular weight is 294 g/mol. The molecule has 5 heteroatoms. The van der Waals surface area contributed by atoms with Gasteiger partial charge >= 0.3 is 0 Å². The molecule has 3 nitrogen and oxygen atoms in total. The van der Waals surface area contributed by atoms with E-state index in [1.807, 2.05) is 20.8 Å². The van der Waals surface area contributed by atoms with Crippen molar-refractivity contribution in [3.63, 3.8) is 0 Å². The fourth-order valence-electron chi connectivity index (χ4n) is 1.72. The molecule has 0 saturated carbocycles. The zero-order valence-corrected chi connectivity index (χ0v) is 12.6. The van der Waals surface area contributed by atoms with Crippen LogP contribution in [0.2, 0.25) is 5.02 Å². The van der Waals surface area contributed by atoms with Crippen LogP contribution < -0.4 is 5.73 Å². The summed E-state index contributed by atoms with van der Waals surface area (Å²) in [5, 5.41) is 20.6. The molecular weight excluding hydrogens is 273 g/mol. The van der Waals surface area contributed by atoms with Crippen molar-refractivity contribution in [2.24, 2.45) is 11.1 Å². The molecule has 0 aromatic heterocycles. The molecule has 0 aliphatic heterocycles. The van der Waals surface area contributed by atoms with Crippen molar-refractivity contribution in [2.45, 2.75) is 39.8 Å². The van der Waals surface area contributed by atoms with Gasteiger partial charge in [0.15, 0.2) is 0 Å². The van der Waals surface area contributed by atoms with Gasteiger partial charge in [0, 0.05) is 10.6 Å². The highest BCUT2D eigenvalue weighted by atomic mass is 35.5. The molecule has 0 unspecified atom stereocenters. The van der Waals surface area contributed by atoms with E-state index in [2.05, 4.69) is 0 Å². The summed E-state index contributed by atoms with van der Waals surface area (Å²) in [6.45, 7) is 7.44. The number of hydrogen-bond donors (Lipinski definition) is 3. The summed E-state index contributed by atoms with van der Waals surface area (Å²) < 4.78 is 0. The maximum Gasteiger partial charge on any atom is 0.123 e. The van der Waals surface area contributed by atoms with Gasteiger partial charge in [0.1, 0.15) is 5.75 Å². The topological polar surface area (TPSA) is 66.5 Å². The smallest absolute Gasteiger partial charge is 0.123 e. The second-order valence-corrected chi connectivity index (χ2v) is 5.93. The summed E-state index contributed by atoms with van der Waals surface area (Å²) in [6, 6.07) is 2.60. The molecule has 0 spiro atoms. The Morgan fingerprint density at radius 3 is 2.22 bits per heavy atom. The highest BCUT2D eigenvalue weighted by Gasteiger charge is 2.30.